The maximum atomic E-state index is 12.3. The van der Waals surface area contributed by atoms with Gasteiger partial charge in [0.05, 0.1) is 0 Å². The maximum Gasteiger partial charge on any atom is 0.271 e. The third-order valence-electron chi connectivity index (χ3n) is 4.40. The molecule has 1 saturated carbocycles. The molecule has 1 amide bonds. The van der Waals surface area contributed by atoms with Gasteiger partial charge in [-0.15, -0.1) is 0 Å². The maximum absolute atomic E-state index is 12.3. The van der Waals surface area contributed by atoms with Crippen LogP contribution in [0.2, 0.25) is 5.02 Å². The zero-order valence-corrected chi connectivity index (χ0v) is 14.5. The average Bonchev–Trinajstić information content (AvgIpc) is 3.06. The molecule has 5 nitrogen and oxygen atoms in total. The summed E-state index contributed by atoms with van der Waals surface area (Å²) in [4.78, 5) is 12.3. The number of rotatable bonds is 5. The number of nitrogens with zero attached hydrogens (tertiary/aromatic N) is 2. The Morgan fingerprint density at radius 3 is 2.67 bits per heavy atom. The van der Waals surface area contributed by atoms with Crippen LogP contribution in [-0.2, 0) is 6.73 Å². The van der Waals surface area contributed by atoms with E-state index in [9.17, 15) is 4.79 Å². The van der Waals surface area contributed by atoms with Gasteiger partial charge in [-0.2, -0.15) is 5.10 Å². The van der Waals surface area contributed by atoms with E-state index in [1.165, 1.54) is 12.8 Å². The Hall–Kier alpha value is -2.01. The van der Waals surface area contributed by atoms with Crippen molar-refractivity contribution in [3.05, 3.63) is 47.2 Å². The van der Waals surface area contributed by atoms with Gasteiger partial charge in [0.15, 0.2) is 6.73 Å². The second-order valence-electron chi connectivity index (χ2n) is 6.40. The van der Waals surface area contributed by atoms with Crippen molar-refractivity contribution in [2.45, 2.75) is 45.4 Å². The quantitative estimate of drug-likeness (QED) is 0.892. The van der Waals surface area contributed by atoms with Crippen molar-refractivity contribution < 1.29 is 9.53 Å². The predicted molar refractivity (Wildman–Crippen MR) is 93.2 cm³/mol. The molecule has 0 atom stereocenters. The second-order valence-corrected chi connectivity index (χ2v) is 6.83. The molecule has 0 aliphatic heterocycles. The summed E-state index contributed by atoms with van der Waals surface area (Å²) in [5, 5.41) is 8.02. The van der Waals surface area contributed by atoms with Crippen molar-refractivity contribution in [1.29, 1.82) is 0 Å². The third-order valence-corrected chi connectivity index (χ3v) is 4.65. The lowest BCUT2D eigenvalue weighted by molar-refractivity contribution is 0.0916. The van der Waals surface area contributed by atoms with Gasteiger partial charge in [-0.3, -0.25) is 4.79 Å². The second kappa shape index (κ2) is 7.71. The number of amides is 1. The predicted octanol–water partition coefficient (Wildman–Crippen LogP) is 3.88. The number of halogens is 1. The van der Waals surface area contributed by atoms with Gasteiger partial charge in [0.1, 0.15) is 11.4 Å². The van der Waals surface area contributed by atoms with Gasteiger partial charge in [-0.05, 0) is 61.9 Å². The van der Waals surface area contributed by atoms with Crippen LogP contribution in [0.15, 0.2) is 36.5 Å². The topological polar surface area (TPSA) is 56.2 Å². The summed E-state index contributed by atoms with van der Waals surface area (Å²) in [5.74, 6) is 1.36. The Labute approximate surface area is 147 Å². The number of benzene rings is 1. The molecule has 128 valence electrons. The summed E-state index contributed by atoms with van der Waals surface area (Å²) >= 11 is 5.84. The average molecular weight is 348 g/mol. The molecular weight excluding hydrogens is 326 g/mol. The normalized spacial score (nSPS) is 20.6. The van der Waals surface area contributed by atoms with E-state index in [2.05, 4.69) is 17.3 Å². The molecule has 0 unspecified atom stereocenters. The van der Waals surface area contributed by atoms with Crippen LogP contribution >= 0.6 is 11.6 Å². The molecular formula is C18H22ClN3O2. The number of carbonyl (C=O) groups is 1. The molecule has 1 heterocycles. The van der Waals surface area contributed by atoms with Crippen molar-refractivity contribution in [3.8, 4) is 5.75 Å². The van der Waals surface area contributed by atoms with Gasteiger partial charge in [-0.1, -0.05) is 18.5 Å². The fourth-order valence-corrected chi connectivity index (χ4v) is 3.02. The number of carbonyl (C=O) groups excluding carboxylic acids is 1. The Morgan fingerprint density at radius 2 is 1.96 bits per heavy atom. The lowest BCUT2D eigenvalue weighted by atomic mass is 9.87. The van der Waals surface area contributed by atoms with Gasteiger partial charge >= 0.3 is 0 Å². The van der Waals surface area contributed by atoms with Crippen molar-refractivity contribution in [3.63, 3.8) is 0 Å². The molecule has 0 radical (unpaired) electrons. The highest BCUT2D eigenvalue weighted by Crippen LogP contribution is 2.23. The summed E-state index contributed by atoms with van der Waals surface area (Å²) in [6.45, 7) is 2.51. The monoisotopic (exact) mass is 347 g/mol. The lowest BCUT2D eigenvalue weighted by Gasteiger charge is -2.26. The molecule has 1 aromatic carbocycles. The summed E-state index contributed by atoms with van der Waals surface area (Å²) in [6, 6.07) is 9.11. The van der Waals surface area contributed by atoms with Gasteiger partial charge in [0.25, 0.3) is 5.91 Å². The highest BCUT2D eigenvalue weighted by atomic mass is 35.5. The molecule has 0 saturated heterocycles. The van der Waals surface area contributed by atoms with E-state index >= 15 is 0 Å². The van der Waals surface area contributed by atoms with Crippen LogP contribution in [0.4, 0.5) is 0 Å². The molecule has 1 aliphatic rings. The molecule has 2 aromatic rings. The summed E-state index contributed by atoms with van der Waals surface area (Å²) in [7, 11) is 0. The molecule has 0 bridgehead atoms. The first-order chi connectivity index (χ1) is 11.6. The zero-order chi connectivity index (χ0) is 16.9. The minimum atomic E-state index is -0.111. The Morgan fingerprint density at radius 1 is 1.25 bits per heavy atom. The summed E-state index contributed by atoms with van der Waals surface area (Å²) < 4.78 is 7.22. The first-order valence-corrected chi connectivity index (χ1v) is 8.70. The Kier molecular flexibility index (Phi) is 5.41. The van der Waals surface area contributed by atoms with Crippen LogP contribution < -0.4 is 10.1 Å². The number of aromatic nitrogens is 2. The van der Waals surface area contributed by atoms with Crippen molar-refractivity contribution in [2.75, 3.05) is 0 Å². The SMILES string of the molecule is CC1CCC(NC(=O)c2ccn(COc3ccc(Cl)cc3)n2)CC1. The minimum absolute atomic E-state index is 0.111. The van der Waals surface area contributed by atoms with E-state index in [-0.39, 0.29) is 18.7 Å². The lowest BCUT2D eigenvalue weighted by Crippen LogP contribution is -2.37. The van der Waals surface area contributed by atoms with Crippen LogP contribution in [0.1, 0.15) is 43.1 Å². The van der Waals surface area contributed by atoms with E-state index in [1.807, 2.05) is 0 Å². The van der Waals surface area contributed by atoms with E-state index in [0.717, 1.165) is 18.8 Å². The molecule has 3 rings (SSSR count). The molecule has 1 aromatic heterocycles. The first-order valence-electron chi connectivity index (χ1n) is 8.33. The molecule has 0 spiro atoms. The number of hydrogen-bond donors (Lipinski definition) is 1. The fourth-order valence-electron chi connectivity index (χ4n) is 2.89. The Bertz CT molecular complexity index is 676. The summed E-state index contributed by atoms with van der Waals surface area (Å²) in [6.07, 6.45) is 6.19. The summed E-state index contributed by atoms with van der Waals surface area (Å²) in [5.41, 5.74) is 0.424. The smallest absolute Gasteiger partial charge is 0.271 e. The molecule has 24 heavy (non-hydrogen) atoms. The Balaban J connectivity index is 1.51. The molecule has 1 fully saturated rings. The highest BCUT2D eigenvalue weighted by molar-refractivity contribution is 6.30. The zero-order valence-electron chi connectivity index (χ0n) is 13.7. The number of hydrogen-bond acceptors (Lipinski definition) is 3. The van der Waals surface area contributed by atoms with E-state index in [0.29, 0.717) is 16.5 Å². The molecule has 1 aliphatic carbocycles. The van der Waals surface area contributed by atoms with Gasteiger partial charge in [0.2, 0.25) is 0 Å². The van der Waals surface area contributed by atoms with Crippen LogP contribution in [0.3, 0.4) is 0 Å². The van der Waals surface area contributed by atoms with Gasteiger partial charge < -0.3 is 10.1 Å². The highest BCUT2D eigenvalue weighted by Gasteiger charge is 2.21. The third kappa shape index (κ3) is 4.51. The standard InChI is InChI=1S/C18H22ClN3O2/c1-13-2-6-15(7-3-13)20-18(23)17-10-11-22(21-17)12-24-16-8-4-14(19)5-9-16/h4-5,8-11,13,15H,2-3,6-7,12H2,1H3,(H,20,23). The van der Waals surface area contributed by atoms with Crippen molar-refractivity contribution >= 4 is 17.5 Å². The van der Waals surface area contributed by atoms with Crippen LogP contribution in [0.25, 0.3) is 0 Å². The van der Waals surface area contributed by atoms with Crippen LogP contribution in [0, 0.1) is 5.92 Å². The number of nitrogens with one attached hydrogen (secondary N) is 1. The van der Waals surface area contributed by atoms with Crippen molar-refractivity contribution in [2.24, 2.45) is 5.92 Å². The van der Waals surface area contributed by atoms with Crippen LogP contribution in [-0.4, -0.2) is 21.7 Å². The number of ether oxygens (including phenoxy) is 1. The van der Waals surface area contributed by atoms with Crippen LogP contribution in [0.5, 0.6) is 5.75 Å². The van der Waals surface area contributed by atoms with E-state index in [4.69, 9.17) is 16.3 Å². The molecule has 1 N–H and O–H groups in total. The first kappa shape index (κ1) is 16.8. The largest absolute Gasteiger partial charge is 0.471 e. The van der Waals surface area contributed by atoms with Gasteiger partial charge in [-0.25, -0.2) is 4.68 Å². The van der Waals surface area contributed by atoms with E-state index < -0.39 is 0 Å². The van der Waals surface area contributed by atoms with Crippen molar-refractivity contribution in [1.82, 2.24) is 15.1 Å². The van der Waals surface area contributed by atoms with E-state index in [1.54, 1.807) is 41.2 Å². The molecule has 6 heteroatoms. The fraction of sp³-hybridized carbons (Fsp3) is 0.444. The van der Waals surface area contributed by atoms with Gasteiger partial charge in [0, 0.05) is 17.3 Å². The minimum Gasteiger partial charge on any atom is -0.471 e.